The van der Waals surface area contributed by atoms with Gasteiger partial charge in [0.15, 0.2) is 9.84 Å². The number of nitrogens with zero attached hydrogens (tertiary/aromatic N) is 2. The highest BCUT2D eigenvalue weighted by Crippen LogP contribution is 2.21. The maximum atomic E-state index is 12.6. The van der Waals surface area contributed by atoms with Crippen molar-refractivity contribution >= 4 is 26.3 Å². The summed E-state index contributed by atoms with van der Waals surface area (Å²) >= 11 is 0. The van der Waals surface area contributed by atoms with E-state index in [0.717, 1.165) is 17.5 Å². The molecule has 0 aliphatic heterocycles. The lowest BCUT2D eigenvalue weighted by Gasteiger charge is -2.06. The van der Waals surface area contributed by atoms with Crippen molar-refractivity contribution in [3.8, 4) is 0 Å². The fraction of sp³-hybridized carbons (Fsp3) is 0.188. The average Bonchev–Trinajstić information content (AvgIpc) is 2.90. The molecule has 23 heavy (non-hydrogen) atoms. The topological polar surface area (TPSA) is 68.5 Å². The van der Waals surface area contributed by atoms with Gasteiger partial charge in [0, 0.05) is 18.6 Å². The third-order valence-electron chi connectivity index (χ3n) is 3.50. The van der Waals surface area contributed by atoms with Crippen molar-refractivity contribution in [3.05, 3.63) is 60.0 Å². The lowest BCUT2D eigenvalue weighted by atomic mass is 10.3. The third-order valence-corrected chi connectivity index (χ3v) is 6.19. The van der Waals surface area contributed by atoms with Crippen molar-refractivity contribution in [2.45, 2.75) is 22.5 Å². The summed E-state index contributed by atoms with van der Waals surface area (Å²) in [6.07, 6.45) is 4.83. The number of hydrogen-bond acceptors (Lipinski definition) is 4. The number of fused-ring (bicyclic) bond motifs is 1. The molecule has 120 valence electrons. The first-order valence-corrected chi connectivity index (χ1v) is 10.2. The zero-order chi connectivity index (χ0) is 16.6. The van der Waals surface area contributed by atoms with Gasteiger partial charge in [-0.15, -0.1) is 0 Å². The Morgan fingerprint density at radius 3 is 2.61 bits per heavy atom. The standard InChI is InChI=1S/C16H16N2O3S2/c1-12-6-5-9-18-10-13(17-16(12)18)11-22(19)14-7-3-4-8-15(14)23(2,20)21/h3-10H,11H2,1-2H3. The van der Waals surface area contributed by atoms with Gasteiger partial charge < -0.3 is 4.40 Å². The first kappa shape index (κ1) is 15.9. The van der Waals surface area contributed by atoms with Crippen LogP contribution in [-0.2, 0) is 26.4 Å². The lowest BCUT2D eigenvalue weighted by molar-refractivity contribution is 0.599. The van der Waals surface area contributed by atoms with Crippen LogP contribution in [0.3, 0.4) is 0 Å². The normalized spacial score (nSPS) is 13.3. The minimum Gasteiger partial charge on any atom is -0.307 e. The van der Waals surface area contributed by atoms with Gasteiger partial charge in [-0.3, -0.25) is 4.21 Å². The lowest BCUT2D eigenvalue weighted by Crippen LogP contribution is -2.05. The fourth-order valence-electron chi connectivity index (χ4n) is 2.43. The van der Waals surface area contributed by atoms with Crippen LogP contribution < -0.4 is 0 Å². The number of hydrogen-bond donors (Lipinski definition) is 0. The van der Waals surface area contributed by atoms with Crippen molar-refractivity contribution in [3.63, 3.8) is 0 Å². The Bertz CT molecular complexity index is 1010. The van der Waals surface area contributed by atoms with Gasteiger partial charge in [0.2, 0.25) is 0 Å². The molecule has 1 atom stereocenters. The molecule has 0 saturated carbocycles. The molecule has 0 amide bonds. The maximum Gasteiger partial charge on any atom is 0.176 e. The Hall–Kier alpha value is -1.99. The van der Waals surface area contributed by atoms with E-state index in [0.29, 0.717) is 10.6 Å². The molecule has 1 unspecified atom stereocenters. The maximum absolute atomic E-state index is 12.6. The van der Waals surface area contributed by atoms with Crippen LogP contribution in [-0.4, -0.2) is 28.3 Å². The minimum absolute atomic E-state index is 0.110. The zero-order valence-electron chi connectivity index (χ0n) is 12.8. The van der Waals surface area contributed by atoms with Crippen molar-refractivity contribution in [2.24, 2.45) is 0 Å². The van der Waals surface area contributed by atoms with Crippen molar-refractivity contribution < 1.29 is 12.6 Å². The number of benzene rings is 1. The third kappa shape index (κ3) is 3.20. The highest BCUT2D eigenvalue weighted by molar-refractivity contribution is 7.92. The number of pyridine rings is 1. The molecule has 1 aromatic carbocycles. The number of rotatable bonds is 4. The Kier molecular flexibility index (Phi) is 4.08. The van der Waals surface area contributed by atoms with Gasteiger partial charge in [0.1, 0.15) is 5.65 Å². The molecule has 3 rings (SSSR count). The number of sulfone groups is 1. The predicted octanol–water partition coefficient (Wildman–Crippen LogP) is 2.35. The summed E-state index contributed by atoms with van der Waals surface area (Å²) in [5.41, 5.74) is 2.51. The van der Waals surface area contributed by atoms with Crippen molar-refractivity contribution in [2.75, 3.05) is 6.26 Å². The Morgan fingerprint density at radius 2 is 1.91 bits per heavy atom. The molecule has 2 heterocycles. The molecular weight excluding hydrogens is 332 g/mol. The van der Waals surface area contributed by atoms with Gasteiger partial charge in [-0.25, -0.2) is 13.4 Å². The van der Waals surface area contributed by atoms with E-state index in [-0.39, 0.29) is 10.6 Å². The van der Waals surface area contributed by atoms with Crippen LogP contribution in [0.2, 0.25) is 0 Å². The number of imidazole rings is 1. The molecule has 3 aromatic rings. The van der Waals surface area contributed by atoms with E-state index in [2.05, 4.69) is 4.98 Å². The first-order valence-electron chi connectivity index (χ1n) is 6.97. The highest BCUT2D eigenvalue weighted by Gasteiger charge is 2.18. The SMILES string of the molecule is Cc1cccn2cc(CS(=O)c3ccccc3S(C)(=O)=O)nc12. The molecule has 0 N–H and O–H groups in total. The Balaban J connectivity index is 1.97. The summed E-state index contributed by atoms with van der Waals surface area (Å²) in [6, 6.07) is 10.3. The van der Waals surface area contributed by atoms with E-state index in [4.69, 9.17) is 0 Å². The molecule has 0 spiro atoms. The molecule has 2 aromatic heterocycles. The number of aromatic nitrogens is 2. The van der Waals surface area contributed by atoms with E-state index in [9.17, 15) is 12.6 Å². The molecular formula is C16H16N2O3S2. The second-order valence-electron chi connectivity index (χ2n) is 5.36. The molecule has 0 aliphatic carbocycles. The second kappa shape index (κ2) is 5.90. The smallest absolute Gasteiger partial charge is 0.176 e. The number of aryl methyl sites for hydroxylation is 1. The minimum atomic E-state index is -3.42. The highest BCUT2D eigenvalue weighted by atomic mass is 32.2. The summed E-state index contributed by atoms with van der Waals surface area (Å²) in [6.45, 7) is 1.96. The summed E-state index contributed by atoms with van der Waals surface area (Å²) < 4.78 is 38.2. The molecule has 0 aliphatic rings. The van der Waals surface area contributed by atoms with Gasteiger partial charge >= 0.3 is 0 Å². The van der Waals surface area contributed by atoms with Crippen LogP contribution in [0, 0.1) is 6.92 Å². The van der Waals surface area contributed by atoms with Crippen molar-refractivity contribution in [1.82, 2.24) is 9.38 Å². The largest absolute Gasteiger partial charge is 0.307 e. The van der Waals surface area contributed by atoms with E-state index >= 15 is 0 Å². The summed E-state index contributed by atoms with van der Waals surface area (Å²) in [4.78, 5) is 4.92. The molecule has 0 bridgehead atoms. The molecule has 0 fully saturated rings. The molecule has 0 radical (unpaired) electrons. The predicted molar refractivity (Wildman–Crippen MR) is 89.6 cm³/mol. The van der Waals surface area contributed by atoms with Gasteiger partial charge in [0.25, 0.3) is 0 Å². The zero-order valence-corrected chi connectivity index (χ0v) is 14.4. The van der Waals surface area contributed by atoms with Gasteiger partial charge in [-0.05, 0) is 30.7 Å². The average molecular weight is 348 g/mol. The summed E-state index contributed by atoms with van der Waals surface area (Å²) in [5.74, 6) is 0.174. The Morgan fingerprint density at radius 1 is 1.17 bits per heavy atom. The van der Waals surface area contributed by atoms with E-state index < -0.39 is 20.6 Å². The van der Waals surface area contributed by atoms with Crippen LogP contribution >= 0.6 is 0 Å². The summed E-state index contributed by atoms with van der Waals surface area (Å²) in [7, 11) is -4.90. The van der Waals surface area contributed by atoms with E-state index in [1.807, 2.05) is 35.9 Å². The van der Waals surface area contributed by atoms with Gasteiger partial charge in [-0.1, -0.05) is 18.2 Å². The van der Waals surface area contributed by atoms with Crippen LogP contribution in [0.4, 0.5) is 0 Å². The quantitative estimate of drug-likeness (QED) is 0.726. The van der Waals surface area contributed by atoms with Crippen LogP contribution in [0.15, 0.2) is 58.6 Å². The van der Waals surface area contributed by atoms with Crippen LogP contribution in [0.25, 0.3) is 5.65 Å². The second-order valence-corrected chi connectivity index (χ2v) is 8.77. The molecule has 0 saturated heterocycles. The van der Waals surface area contributed by atoms with Crippen LogP contribution in [0.5, 0.6) is 0 Å². The van der Waals surface area contributed by atoms with Gasteiger partial charge in [0.05, 0.1) is 32.0 Å². The molecule has 7 heteroatoms. The van der Waals surface area contributed by atoms with Crippen LogP contribution in [0.1, 0.15) is 11.3 Å². The monoisotopic (exact) mass is 348 g/mol. The summed E-state index contributed by atoms with van der Waals surface area (Å²) in [5, 5.41) is 0. The van der Waals surface area contributed by atoms with Crippen molar-refractivity contribution in [1.29, 1.82) is 0 Å². The van der Waals surface area contributed by atoms with E-state index in [1.165, 1.54) is 6.07 Å². The fourth-order valence-corrected chi connectivity index (χ4v) is 5.01. The Labute approximate surface area is 137 Å². The van der Waals surface area contributed by atoms with E-state index in [1.54, 1.807) is 18.2 Å². The first-order chi connectivity index (χ1) is 10.9. The molecule has 5 nitrogen and oxygen atoms in total. The van der Waals surface area contributed by atoms with Gasteiger partial charge in [-0.2, -0.15) is 0 Å².